The summed E-state index contributed by atoms with van der Waals surface area (Å²) >= 11 is 0. The van der Waals surface area contributed by atoms with Gasteiger partial charge in [0.2, 0.25) is 0 Å². The topological polar surface area (TPSA) is 32.7 Å². The predicted octanol–water partition coefficient (Wildman–Crippen LogP) is -1.69. The molecule has 0 aliphatic carbocycles. The van der Waals surface area contributed by atoms with Crippen LogP contribution >= 0.6 is 0 Å². The van der Waals surface area contributed by atoms with Crippen LogP contribution in [0.4, 0.5) is 0 Å². The Hall–Kier alpha value is 0.0969. The maximum atomic E-state index is 9.09. The maximum Gasteiger partial charge on any atom is 0.148 e. The average molecular weight is 147 g/mol. The zero-order valence-corrected chi connectivity index (χ0v) is 7.87. The molecule has 0 saturated carbocycles. The van der Waals surface area contributed by atoms with Gasteiger partial charge in [-0.2, -0.15) is 0 Å². The van der Waals surface area contributed by atoms with E-state index < -0.39 is 0 Å². The molecule has 1 N–H and O–H groups in total. The van der Waals surface area contributed by atoms with Crippen LogP contribution in [0.3, 0.4) is 0 Å². The van der Waals surface area contributed by atoms with E-state index in [1.807, 2.05) is 11.9 Å². The molecule has 1 fully saturated rings. The van der Waals surface area contributed by atoms with Crippen molar-refractivity contribution in [3.8, 4) is 0 Å². The highest BCUT2D eigenvalue weighted by atomic mass is 28.2. The largest absolute Gasteiger partial charge is 0.413 e. The molecule has 2 unspecified atom stereocenters. The number of β-amino-alcohol motifs (C(OH)–C–C–N with tert-alkyl or cyclic N) is 1. The van der Waals surface area contributed by atoms with Crippen LogP contribution in [0, 0.1) is 0 Å². The molecule has 0 aromatic carbocycles. The molecule has 3 nitrogen and oxygen atoms in total. The van der Waals surface area contributed by atoms with Crippen LogP contribution in [-0.2, 0) is 4.43 Å². The minimum atomic E-state index is -0.172. The molecule has 0 aromatic rings. The molecule has 0 aromatic heterocycles. The first kappa shape index (κ1) is 7.21. The average Bonchev–Trinajstić information content (AvgIpc) is 2.10. The van der Waals surface area contributed by atoms with E-state index in [0.29, 0.717) is 0 Å². The van der Waals surface area contributed by atoms with Crippen LogP contribution in [0.1, 0.15) is 6.42 Å². The van der Waals surface area contributed by atoms with Gasteiger partial charge < -0.3 is 9.53 Å². The van der Waals surface area contributed by atoms with Crippen molar-refractivity contribution in [2.75, 3.05) is 13.6 Å². The van der Waals surface area contributed by atoms with Crippen LogP contribution in [0.2, 0.25) is 0 Å². The number of hydrogen-bond donors (Lipinski definition) is 1. The summed E-state index contributed by atoms with van der Waals surface area (Å²) in [6, 6.07) is 0. The van der Waals surface area contributed by atoms with E-state index in [2.05, 4.69) is 0 Å². The lowest BCUT2D eigenvalue weighted by molar-refractivity contribution is 0.0906. The highest BCUT2D eigenvalue weighted by Crippen LogP contribution is 2.14. The molecule has 1 rings (SSSR count). The minimum Gasteiger partial charge on any atom is -0.413 e. The van der Waals surface area contributed by atoms with Gasteiger partial charge in [0.1, 0.15) is 16.7 Å². The van der Waals surface area contributed by atoms with Gasteiger partial charge in [-0.05, 0) is 7.05 Å². The number of nitrogens with zero attached hydrogens (tertiary/aromatic N) is 1. The molecular weight excluding hydrogens is 134 g/mol. The van der Waals surface area contributed by atoms with Gasteiger partial charge in [0, 0.05) is 13.0 Å². The first-order valence-electron chi connectivity index (χ1n) is 3.15. The summed E-state index contributed by atoms with van der Waals surface area (Å²) in [5, 5.41) is 9.09. The van der Waals surface area contributed by atoms with Crippen molar-refractivity contribution in [1.82, 2.24) is 4.90 Å². The monoisotopic (exact) mass is 147 g/mol. The molecule has 1 aliphatic heterocycles. The molecule has 0 radical (unpaired) electrons. The van der Waals surface area contributed by atoms with Gasteiger partial charge in [-0.25, -0.2) is 0 Å². The van der Waals surface area contributed by atoms with Crippen molar-refractivity contribution in [2.24, 2.45) is 0 Å². The number of aliphatic hydroxyl groups excluding tert-OH is 1. The minimum absolute atomic E-state index is 0.172. The third-order valence-electron chi connectivity index (χ3n) is 1.74. The summed E-state index contributed by atoms with van der Waals surface area (Å²) in [5.41, 5.74) is 0. The number of likely N-dealkylation sites (N-methyl/N-ethyl adjacent to an activating group) is 1. The van der Waals surface area contributed by atoms with Crippen molar-refractivity contribution < 1.29 is 9.53 Å². The molecule has 1 heterocycles. The van der Waals surface area contributed by atoms with Crippen molar-refractivity contribution in [1.29, 1.82) is 0 Å². The Labute approximate surface area is 58.2 Å². The summed E-state index contributed by atoms with van der Waals surface area (Å²) in [7, 11) is 2.73. The van der Waals surface area contributed by atoms with Crippen molar-refractivity contribution >= 4 is 10.5 Å². The summed E-state index contributed by atoms with van der Waals surface area (Å²) in [4.78, 5) is 2.04. The maximum absolute atomic E-state index is 9.09. The number of rotatable bonds is 1. The molecule has 54 valence electrons. The Morgan fingerprint density at radius 2 is 2.44 bits per heavy atom. The van der Waals surface area contributed by atoms with Crippen LogP contribution in [-0.4, -0.2) is 46.4 Å². The quantitative estimate of drug-likeness (QED) is 0.449. The summed E-state index contributed by atoms with van der Waals surface area (Å²) < 4.78 is 5.20. The van der Waals surface area contributed by atoms with Crippen LogP contribution in [0.25, 0.3) is 0 Å². The molecule has 2 atom stereocenters. The molecule has 0 bridgehead atoms. The van der Waals surface area contributed by atoms with E-state index in [1.165, 1.54) is 0 Å². The second-order valence-corrected chi connectivity index (χ2v) is 2.99. The first-order chi connectivity index (χ1) is 4.24. The van der Waals surface area contributed by atoms with Gasteiger partial charge in [-0.3, -0.25) is 4.90 Å². The lowest BCUT2D eigenvalue weighted by atomic mass is 10.3. The number of likely N-dealkylation sites (tertiary alicyclic amines) is 1. The fraction of sp³-hybridized carbons (Fsp3) is 1.00. The predicted molar refractivity (Wildman–Crippen MR) is 38.1 cm³/mol. The molecule has 1 saturated heterocycles. The van der Waals surface area contributed by atoms with E-state index in [4.69, 9.17) is 9.53 Å². The van der Waals surface area contributed by atoms with E-state index >= 15 is 0 Å². The third kappa shape index (κ3) is 1.51. The van der Waals surface area contributed by atoms with E-state index in [1.54, 1.807) is 0 Å². The van der Waals surface area contributed by atoms with Gasteiger partial charge >= 0.3 is 0 Å². The Bertz CT molecular complexity index is 101. The fourth-order valence-electron chi connectivity index (χ4n) is 1.21. The van der Waals surface area contributed by atoms with Crippen molar-refractivity contribution in [3.63, 3.8) is 0 Å². The number of aliphatic hydroxyl groups is 1. The zero-order chi connectivity index (χ0) is 6.85. The second-order valence-electron chi connectivity index (χ2n) is 2.52. The highest BCUT2D eigenvalue weighted by Gasteiger charge is 2.26. The molecular formula is C5H13NO2Si. The molecule has 4 heteroatoms. The van der Waals surface area contributed by atoms with Gasteiger partial charge in [0.15, 0.2) is 0 Å². The lowest BCUT2D eigenvalue weighted by Gasteiger charge is -2.16. The Morgan fingerprint density at radius 1 is 1.78 bits per heavy atom. The highest BCUT2D eigenvalue weighted by molar-refractivity contribution is 5.98. The second kappa shape index (κ2) is 2.79. The van der Waals surface area contributed by atoms with Gasteiger partial charge in [-0.15, -0.1) is 0 Å². The Balaban J connectivity index is 2.38. The first-order valence-corrected chi connectivity index (χ1v) is 3.97. The lowest BCUT2D eigenvalue weighted by Crippen LogP contribution is -2.26. The van der Waals surface area contributed by atoms with Crippen LogP contribution < -0.4 is 0 Å². The summed E-state index contributed by atoms with van der Waals surface area (Å²) in [5.74, 6) is 0. The molecule has 1 aliphatic rings. The smallest absolute Gasteiger partial charge is 0.148 e. The van der Waals surface area contributed by atoms with Gasteiger partial charge in [0.25, 0.3) is 0 Å². The van der Waals surface area contributed by atoms with E-state index in [0.717, 1.165) is 23.5 Å². The summed E-state index contributed by atoms with van der Waals surface area (Å²) in [6.45, 7) is 0.757. The molecule has 0 spiro atoms. The Morgan fingerprint density at radius 3 is 2.67 bits per heavy atom. The van der Waals surface area contributed by atoms with E-state index in [-0.39, 0.29) is 12.3 Å². The molecule has 9 heavy (non-hydrogen) atoms. The van der Waals surface area contributed by atoms with Crippen LogP contribution in [0.15, 0.2) is 0 Å². The van der Waals surface area contributed by atoms with Gasteiger partial charge in [-0.1, -0.05) is 0 Å². The zero-order valence-electron chi connectivity index (χ0n) is 5.87. The van der Waals surface area contributed by atoms with Crippen molar-refractivity contribution in [2.45, 2.75) is 18.8 Å². The number of hydrogen-bond acceptors (Lipinski definition) is 3. The fourth-order valence-corrected chi connectivity index (χ4v) is 1.77. The standard InChI is InChI=1S/C5H13NO2Si/c1-6-3-4(7)2-5(6)8-9/h4-5,7H,2-3H2,1,9H3. The third-order valence-corrected chi connectivity index (χ3v) is 2.28. The van der Waals surface area contributed by atoms with Crippen molar-refractivity contribution in [3.05, 3.63) is 0 Å². The molecule has 0 amide bonds. The van der Waals surface area contributed by atoms with Crippen LogP contribution in [0.5, 0.6) is 0 Å². The Kier molecular flexibility index (Phi) is 2.23. The van der Waals surface area contributed by atoms with Gasteiger partial charge in [0.05, 0.1) is 6.10 Å². The summed E-state index contributed by atoms with van der Waals surface area (Å²) in [6.07, 6.45) is 0.792. The normalized spacial score (nSPS) is 38.0. The SMILES string of the molecule is CN1CC(O)CC1O[SiH3]. The van der Waals surface area contributed by atoms with E-state index in [9.17, 15) is 0 Å².